The summed E-state index contributed by atoms with van der Waals surface area (Å²) in [7, 11) is 0. The fraction of sp³-hybridized carbons (Fsp3) is 0. The summed E-state index contributed by atoms with van der Waals surface area (Å²) in [5, 5.41) is 7.39. The molecule has 1 N–H and O–H groups in total. The van der Waals surface area contributed by atoms with Gasteiger partial charge in [-0.1, -0.05) is 17.7 Å². The van der Waals surface area contributed by atoms with E-state index in [4.69, 9.17) is 11.6 Å². The van der Waals surface area contributed by atoms with Gasteiger partial charge in [0.15, 0.2) is 0 Å². The highest BCUT2D eigenvalue weighted by atomic mass is 35.5. The molecule has 0 aliphatic heterocycles. The van der Waals surface area contributed by atoms with Crippen molar-refractivity contribution < 1.29 is 4.79 Å². The standard InChI is InChI=1S/C14H10ClN5O/c15-10-3-1-4-11(13(10)20-8-2-5-18-20)19-14(21)12-9-16-6-7-17-12/h1-9H,(H,19,21). The number of nitrogens with zero attached hydrogens (tertiary/aromatic N) is 4. The predicted molar refractivity (Wildman–Crippen MR) is 78.6 cm³/mol. The van der Waals surface area contributed by atoms with Crippen LogP contribution in [0.15, 0.2) is 55.2 Å². The number of hydrogen-bond acceptors (Lipinski definition) is 4. The number of carbonyl (C=O) groups is 1. The van der Waals surface area contributed by atoms with Gasteiger partial charge in [0.25, 0.3) is 5.91 Å². The molecule has 1 aromatic carbocycles. The van der Waals surface area contributed by atoms with E-state index in [0.29, 0.717) is 16.4 Å². The van der Waals surface area contributed by atoms with Gasteiger partial charge in [-0.2, -0.15) is 5.10 Å². The molecule has 0 aliphatic rings. The van der Waals surface area contributed by atoms with Crippen molar-refractivity contribution in [2.75, 3.05) is 5.32 Å². The van der Waals surface area contributed by atoms with Crippen LogP contribution in [0.4, 0.5) is 5.69 Å². The summed E-state index contributed by atoms with van der Waals surface area (Å²) in [6.45, 7) is 0. The number of aromatic nitrogens is 4. The van der Waals surface area contributed by atoms with Crippen molar-refractivity contribution in [1.82, 2.24) is 19.7 Å². The molecule has 0 saturated heterocycles. The van der Waals surface area contributed by atoms with Crippen molar-refractivity contribution in [1.29, 1.82) is 0 Å². The molecule has 1 amide bonds. The van der Waals surface area contributed by atoms with Gasteiger partial charge in [-0.05, 0) is 18.2 Å². The Kier molecular flexibility index (Phi) is 3.61. The Morgan fingerprint density at radius 3 is 2.81 bits per heavy atom. The van der Waals surface area contributed by atoms with Gasteiger partial charge in [0.1, 0.15) is 11.4 Å². The number of benzene rings is 1. The summed E-state index contributed by atoms with van der Waals surface area (Å²) in [6.07, 6.45) is 7.75. The lowest BCUT2D eigenvalue weighted by Crippen LogP contribution is -2.15. The topological polar surface area (TPSA) is 72.7 Å². The maximum absolute atomic E-state index is 12.2. The monoisotopic (exact) mass is 299 g/mol. The van der Waals surface area contributed by atoms with E-state index in [1.807, 2.05) is 0 Å². The third-order valence-corrected chi connectivity index (χ3v) is 3.07. The van der Waals surface area contributed by atoms with E-state index in [0.717, 1.165) is 0 Å². The second-order valence-electron chi connectivity index (χ2n) is 4.13. The van der Waals surface area contributed by atoms with Gasteiger partial charge in [-0.15, -0.1) is 0 Å². The van der Waals surface area contributed by atoms with E-state index < -0.39 is 0 Å². The van der Waals surface area contributed by atoms with Gasteiger partial charge >= 0.3 is 0 Å². The number of rotatable bonds is 3. The van der Waals surface area contributed by atoms with Crippen LogP contribution in [-0.4, -0.2) is 25.7 Å². The quantitative estimate of drug-likeness (QED) is 0.806. The maximum Gasteiger partial charge on any atom is 0.275 e. The number of anilines is 1. The molecule has 104 valence electrons. The second kappa shape index (κ2) is 5.72. The molecule has 0 radical (unpaired) electrons. The molecule has 0 aliphatic carbocycles. The van der Waals surface area contributed by atoms with Gasteiger partial charge in [0, 0.05) is 24.8 Å². The zero-order valence-corrected chi connectivity index (χ0v) is 11.5. The minimum Gasteiger partial charge on any atom is -0.319 e. The molecule has 0 spiro atoms. The lowest BCUT2D eigenvalue weighted by molar-refractivity contribution is 0.102. The first-order valence-electron chi connectivity index (χ1n) is 6.11. The molecule has 3 aromatic rings. The van der Waals surface area contributed by atoms with Crippen molar-refractivity contribution in [2.45, 2.75) is 0 Å². The minimum atomic E-state index is -0.362. The van der Waals surface area contributed by atoms with Crippen LogP contribution in [0.25, 0.3) is 5.69 Å². The fourth-order valence-electron chi connectivity index (χ4n) is 1.85. The first kappa shape index (κ1) is 13.3. The van der Waals surface area contributed by atoms with Crippen molar-refractivity contribution in [3.63, 3.8) is 0 Å². The molecule has 7 heteroatoms. The molecule has 3 rings (SSSR count). The number of halogens is 1. The Balaban J connectivity index is 1.97. The lowest BCUT2D eigenvalue weighted by Gasteiger charge is -2.12. The van der Waals surface area contributed by atoms with Crippen LogP contribution >= 0.6 is 11.6 Å². The third-order valence-electron chi connectivity index (χ3n) is 2.76. The molecule has 0 fully saturated rings. The average Bonchev–Trinajstić information content (AvgIpc) is 3.02. The number of amides is 1. The van der Waals surface area contributed by atoms with Crippen molar-refractivity contribution in [3.05, 3.63) is 66.0 Å². The molecule has 0 bridgehead atoms. The van der Waals surface area contributed by atoms with Crippen LogP contribution in [-0.2, 0) is 0 Å². The molecular weight excluding hydrogens is 290 g/mol. The second-order valence-corrected chi connectivity index (χ2v) is 4.54. The summed E-state index contributed by atoms with van der Waals surface area (Å²) in [5.41, 5.74) is 1.37. The van der Waals surface area contributed by atoms with E-state index in [1.165, 1.54) is 18.6 Å². The maximum atomic E-state index is 12.2. The third kappa shape index (κ3) is 2.75. The van der Waals surface area contributed by atoms with Crippen molar-refractivity contribution >= 4 is 23.2 Å². The number of para-hydroxylation sites is 1. The molecule has 6 nitrogen and oxygen atoms in total. The normalized spacial score (nSPS) is 10.3. The Bertz CT molecular complexity index is 758. The zero-order valence-electron chi connectivity index (χ0n) is 10.8. The predicted octanol–water partition coefficient (Wildman–Crippen LogP) is 2.57. The van der Waals surface area contributed by atoms with Gasteiger partial charge in [-0.3, -0.25) is 9.78 Å². The van der Waals surface area contributed by atoms with Gasteiger partial charge < -0.3 is 5.32 Å². The van der Waals surface area contributed by atoms with Crippen LogP contribution in [0.1, 0.15) is 10.5 Å². The highest BCUT2D eigenvalue weighted by molar-refractivity contribution is 6.33. The molecule has 0 unspecified atom stereocenters. The van der Waals surface area contributed by atoms with E-state index in [2.05, 4.69) is 20.4 Å². The first-order valence-corrected chi connectivity index (χ1v) is 6.49. The lowest BCUT2D eigenvalue weighted by atomic mass is 10.2. The van der Waals surface area contributed by atoms with Gasteiger partial charge in [0.2, 0.25) is 0 Å². The Labute approximate surface area is 125 Å². The van der Waals surface area contributed by atoms with E-state index in [9.17, 15) is 4.79 Å². The number of hydrogen-bond donors (Lipinski definition) is 1. The first-order chi connectivity index (χ1) is 10.3. The molecule has 2 heterocycles. The molecule has 0 atom stereocenters. The van der Waals surface area contributed by atoms with Gasteiger partial charge in [-0.25, -0.2) is 9.67 Å². The number of carbonyl (C=O) groups excluding carboxylic acids is 1. The Morgan fingerprint density at radius 2 is 2.10 bits per heavy atom. The SMILES string of the molecule is O=C(Nc1cccc(Cl)c1-n1cccn1)c1cnccn1. The van der Waals surface area contributed by atoms with E-state index >= 15 is 0 Å². The summed E-state index contributed by atoms with van der Waals surface area (Å²) in [5.74, 6) is -0.362. The molecular formula is C14H10ClN5O. The van der Waals surface area contributed by atoms with Crippen molar-refractivity contribution in [3.8, 4) is 5.69 Å². The fourth-order valence-corrected chi connectivity index (χ4v) is 2.11. The zero-order chi connectivity index (χ0) is 14.7. The average molecular weight is 300 g/mol. The van der Waals surface area contributed by atoms with Gasteiger partial charge in [0.05, 0.1) is 16.9 Å². The highest BCUT2D eigenvalue weighted by Gasteiger charge is 2.14. The minimum absolute atomic E-state index is 0.226. The molecule has 2 aromatic heterocycles. The summed E-state index contributed by atoms with van der Waals surface area (Å²) in [4.78, 5) is 20.0. The van der Waals surface area contributed by atoms with Crippen LogP contribution in [0, 0.1) is 0 Å². The van der Waals surface area contributed by atoms with E-state index in [1.54, 1.807) is 41.3 Å². The van der Waals surface area contributed by atoms with Crippen LogP contribution in [0.5, 0.6) is 0 Å². The van der Waals surface area contributed by atoms with E-state index in [-0.39, 0.29) is 11.6 Å². The highest BCUT2D eigenvalue weighted by Crippen LogP contribution is 2.28. The Morgan fingerprint density at radius 1 is 1.19 bits per heavy atom. The van der Waals surface area contributed by atoms with Crippen LogP contribution in [0.2, 0.25) is 5.02 Å². The largest absolute Gasteiger partial charge is 0.319 e. The number of nitrogens with one attached hydrogen (secondary N) is 1. The molecule has 21 heavy (non-hydrogen) atoms. The summed E-state index contributed by atoms with van der Waals surface area (Å²) < 4.78 is 1.59. The van der Waals surface area contributed by atoms with Crippen LogP contribution < -0.4 is 5.32 Å². The smallest absolute Gasteiger partial charge is 0.275 e. The van der Waals surface area contributed by atoms with Crippen molar-refractivity contribution in [2.24, 2.45) is 0 Å². The van der Waals surface area contributed by atoms with Crippen LogP contribution in [0.3, 0.4) is 0 Å². The molecule has 0 saturated carbocycles. The Hall–Kier alpha value is -2.73. The summed E-state index contributed by atoms with van der Waals surface area (Å²) in [6, 6.07) is 7.01. The summed E-state index contributed by atoms with van der Waals surface area (Å²) >= 11 is 6.21.